The lowest BCUT2D eigenvalue weighted by atomic mass is 10.1. The molecule has 0 radical (unpaired) electrons. The van der Waals surface area contributed by atoms with Crippen LogP contribution in [0.15, 0.2) is 18.2 Å². The molecule has 1 N–H and O–H groups in total. The fourth-order valence-electron chi connectivity index (χ4n) is 2.62. The van der Waals surface area contributed by atoms with Crippen molar-refractivity contribution in [1.82, 2.24) is 9.80 Å². The molecular weight excluding hydrogens is 276 g/mol. The lowest BCUT2D eigenvalue weighted by molar-refractivity contribution is 0.0696. The Labute approximate surface area is 121 Å². The minimum absolute atomic E-state index is 0.0679. The Balaban J connectivity index is 1.73. The first-order valence-corrected chi connectivity index (χ1v) is 7.77. The van der Waals surface area contributed by atoms with E-state index in [-0.39, 0.29) is 11.6 Å². The fraction of sp³-hybridized carbons (Fsp3) is 0.429. The summed E-state index contributed by atoms with van der Waals surface area (Å²) in [7, 11) is 0. The van der Waals surface area contributed by atoms with Gasteiger partial charge in [-0.1, -0.05) is 6.07 Å². The topological polar surface area (TPSA) is 60.9 Å². The number of carboxylic acid groups (broad SMARTS) is 1. The van der Waals surface area contributed by atoms with Gasteiger partial charge in [0, 0.05) is 37.7 Å². The number of nitrogens with zero attached hydrogens (tertiary/aromatic N) is 2. The molecule has 3 rings (SSSR count). The van der Waals surface area contributed by atoms with E-state index in [0.29, 0.717) is 13.1 Å². The molecule has 2 aliphatic heterocycles. The summed E-state index contributed by atoms with van der Waals surface area (Å²) in [5, 5.41) is 9.00. The number of hydrogen-bond donors (Lipinski definition) is 1. The maximum absolute atomic E-state index is 12.4. The third-order valence-corrected chi connectivity index (χ3v) is 4.67. The SMILES string of the molecule is O=C(O)c1ccc2c(c1)CN(C(=O)N1CCSCC1)C2. The highest BCUT2D eigenvalue weighted by Gasteiger charge is 2.28. The van der Waals surface area contributed by atoms with Gasteiger partial charge in [-0.25, -0.2) is 9.59 Å². The van der Waals surface area contributed by atoms with Gasteiger partial charge < -0.3 is 14.9 Å². The second kappa shape index (κ2) is 5.36. The first kappa shape index (κ1) is 13.3. The van der Waals surface area contributed by atoms with Crippen LogP contribution in [0.2, 0.25) is 0 Å². The van der Waals surface area contributed by atoms with Crippen LogP contribution in [0.5, 0.6) is 0 Å². The molecule has 1 saturated heterocycles. The van der Waals surface area contributed by atoms with Crippen LogP contribution in [0.3, 0.4) is 0 Å². The molecule has 106 valence electrons. The second-order valence-electron chi connectivity index (χ2n) is 5.03. The molecule has 0 bridgehead atoms. The zero-order valence-corrected chi connectivity index (χ0v) is 11.9. The molecular formula is C14H16N2O3S. The minimum atomic E-state index is -0.925. The Bertz CT molecular complexity index is 555. The minimum Gasteiger partial charge on any atom is -0.478 e. The molecule has 0 spiro atoms. The standard InChI is InChI=1S/C14H16N2O3S/c17-13(18)10-1-2-11-8-16(9-12(11)7-10)14(19)15-3-5-20-6-4-15/h1-2,7H,3-6,8-9H2,(H,17,18). The average molecular weight is 292 g/mol. The van der Waals surface area contributed by atoms with Crippen LogP contribution in [0.1, 0.15) is 21.5 Å². The van der Waals surface area contributed by atoms with Crippen molar-refractivity contribution < 1.29 is 14.7 Å². The number of benzene rings is 1. The molecule has 20 heavy (non-hydrogen) atoms. The Hall–Kier alpha value is -1.69. The summed E-state index contributed by atoms with van der Waals surface area (Å²) in [5.74, 6) is 1.07. The van der Waals surface area contributed by atoms with Crippen LogP contribution in [0.25, 0.3) is 0 Å². The summed E-state index contributed by atoms with van der Waals surface area (Å²) in [6.07, 6.45) is 0. The van der Waals surface area contributed by atoms with Gasteiger partial charge in [0.05, 0.1) is 5.56 Å². The number of amides is 2. The summed E-state index contributed by atoms with van der Waals surface area (Å²) in [6, 6.07) is 5.17. The van der Waals surface area contributed by atoms with E-state index >= 15 is 0 Å². The van der Waals surface area contributed by atoms with Crippen molar-refractivity contribution in [2.24, 2.45) is 0 Å². The van der Waals surface area contributed by atoms with Crippen LogP contribution < -0.4 is 0 Å². The van der Waals surface area contributed by atoms with Crippen LogP contribution >= 0.6 is 11.8 Å². The maximum Gasteiger partial charge on any atom is 0.335 e. The van der Waals surface area contributed by atoms with Gasteiger partial charge in [0.2, 0.25) is 0 Å². The van der Waals surface area contributed by atoms with E-state index < -0.39 is 5.97 Å². The molecule has 0 unspecified atom stereocenters. The summed E-state index contributed by atoms with van der Waals surface area (Å²) in [5.41, 5.74) is 2.28. The normalized spacial score (nSPS) is 18.0. The molecule has 2 amide bonds. The fourth-order valence-corrected chi connectivity index (χ4v) is 3.52. The lowest BCUT2D eigenvalue weighted by Crippen LogP contribution is -2.44. The van der Waals surface area contributed by atoms with Crippen LogP contribution in [-0.4, -0.2) is 51.5 Å². The van der Waals surface area contributed by atoms with Crippen molar-refractivity contribution in [1.29, 1.82) is 0 Å². The van der Waals surface area contributed by atoms with E-state index in [4.69, 9.17) is 5.11 Å². The largest absolute Gasteiger partial charge is 0.478 e. The number of fused-ring (bicyclic) bond motifs is 1. The number of carboxylic acids is 1. The van der Waals surface area contributed by atoms with E-state index in [1.165, 1.54) is 0 Å². The van der Waals surface area contributed by atoms with Crippen molar-refractivity contribution in [2.45, 2.75) is 13.1 Å². The van der Waals surface area contributed by atoms with E-state index in [1.54, 1.807) is 17.0 Å². The van der Waals surface area contributed by atoms with E-state index in [9.17, 15) is 9.59 Å². The Kier molecular flexibility index (Phi) is 3.56. The number of aromatic carboxylic acids is 1. The van der Waals surface area contributed by atoms with E-state index in [0.717, 1.165) is 35.7 Å². The highest BCUT2D eigenvalue weighted by Crippen LogP contribution is 2.25. The quantitative estimate of drug-likeness (QED) is 0.858. The molecule has 2 heterocycles. The molecule has 5 nitrogen and oxygen atoms in total. The van der Waals surface area contributed by atoms with E-state index in [2.05, 4.69) is 0 Å². The second-order valence-corrected chi connectivity index (χ2v) is 6.25. The highest BCUT2D eigenvalue weighted by molar-refractivity contribution is 7.99. The molecule has 0 saturated carbocycles. The van der Waals surface area contributed by atoms with Gasteiger partial charge in [0.1, 0.15) is 0 Å². The van der Waals surface area contributed by atoms with Crippen molar-refractivity contribution in [3.63, 3.8) is 0 Å². The smallest absolute Gasteiger partial charge is 0.335 e. The maximum atomic E-state index is 12.4. The number of urea groups is 1. The molecule has 0 atom stereocenters. The number of carbonyl (C=O) groups excluding carboxylic acids is 1. The molecule has 1 aromatic carbocycles. The zero-order chi connectivity index (χ0) is 14.1. The van der Waals surface area contributed by atoms with Gasteiger partial charge in [-0.3, -0.25) is 0 Å². The highest BCUT2D eigenvalue weighted by atomic mass is 32.2. The Morgan fingerprint density at radius 1 is 1.05 bits per heavy atom. The number of hydrogen-bond acceptors (Lipinski definition) is 3. The van der Waals surface area contributed by atoms with Gasteiger partial charge in [-0.2, -0.15) is 11.8 Å². The summed E-state index contributed by atoms with van der Waals surface area (Å²) in [4.78, 5) is 27.1. The predicted molar refractivity (Wildman–Crippen MR) is 76.9 cm³/mol. The molecule has 1 aromatic rings. The van der Waals surface area contributed by atoms with E-state index in [1.807, 2.05) is 22.7 Å². The van der Waals surface area contributed by atoms with Crippen molar-refractivity contribution in [2.75, 3.05) is 24.6 Å². The van der Waals surface area contributed by atoms with Gasteiger partial charge in [-0.05, 0) is 23.3 Å². The number of rotatable bonds is 1. The van der Waals surface area contributed by atoms with Gasteiger partial charge >= 0.3 is 12.0 Å². The first-order valence-electron chi connectivity index (χ1n) is 6.62. The Morgan fingerprint density at radius 3 is 2.45 bits per heavy atom. The van der Waals surface area contributed by atoms with Gasteiger partial charge in [-0.15, -0.1) is 0 Å². The van der Waals surface area contributed by atoms with Gasteiger partial charge in [0.25, 0.3) is 0 Å². The van der Waals surface area contributed by atoms with Gasteiger partial charge in [0.15, 0.2) is 0 Å². The van der Waals surface area contributed by atoms with Crippen molar-refractivity contribution in [3.8, 4) is 0 Å². The monoisotopic (exact) mass is 292 g/mol. The zero-order valence-electron chi connectivity index (χ0n) is 11.0. The first-order chi connectivity index (χ1) is 9.65. The third-order valence-electron chi connectivity index (χ3n) is 3.73. The third kappa shape index (κ3) is 2.47. The van der Waals surface area contributed by atoms with Crippen molar-refractivity contribution in [3.05, 3.63) is 34.9 Å². The number of thioether (sulfide) groups is 1. The molecule has 6 heteroatoms. The molecule has 2 aliphatic rings. The summed E-state index contributed by atoms with van der Waals surface area (Å²) in [6.45, 7) is 2.70. The molecule has 0 aromatic heterocycles. The molecule has 0 aliphatic carbocycles. The van der Waals surface area contributed by atoms with Crippen LogP contribution in [0, 0.1) is 0 Å². The lowest BCUT2D eigenvalue weighted by Gasteiger charge is -2.30. The Morgan fingerprint density at radius 2 is 1.75 bits per heavy atom. The number of carbonyl (C=O) groups is 2. The molecule has 1 fully saturated rings. The van der Waals surface area contributed by atoms with Crippen LogP contribution in [-0.2, 0) is 13.1 Å². The summed E-state index contributed by atoms with van der Waals surface area (Å²) < 4.78 is 0. The average Bonchev–Trinajstić information content (AvgIpc) is 2.90. The predicted octanol–water partition coefficient (Wildman–Crippen LogP) is 1.87. The van der Waals surface area contributed by atoms with Crippen molar-refractivity contribution >= 4 is 23.8 Å². The van der Waals surface area contributed by atoms with Crippen LogP contribution in [0.4, 0.5) is 4.79 Å². The summed E-state index contributed by atoms with van der Waals surface area (Å²) >= 11 is 1.87.